The van der Waals surface area contributed by atoms with Crippen molar-refractivity contribution in [3.05, 3.63) is 59.0 Å². The minimum absolute atomic E-state index is 0.124. The fourth-order valence-electron chi connectivity index (χ4n) is 3.89. The number of hydrogen-bond acceptors (Lipinski definition) is 7. The van der Waals surface area contributed by atoms with Crippen LogP contribution in [0.3, 0.4) is 0 Å². The lowest BCUT2D eigenvalue weighted by Gasteiger charge is -2.32. The second-order valence-corrected chi connectivity index (χ2v) is 10.2. The fraction of sp³-hybridized carbons (Fsp3) is 0.391. The Bertz CT molecular complexity index is 1070. The van der Waals surface area contributed by atoms with Crippen LogP contribution in [0, 0.1) is 19.8 Å². The molecule has 32 heavy (non-hydrogen) atoms. The summed E-state index contributed by atoms with van der Waals surface area (Å²) in [6.45, 7) is 5.15. The lowest BCUT2D eigenvalue weighted by atomic mass is 9.90. The van der Waals surface area contributed by atoms with Crippen LogP contribution in [-0.4, -0.2) is 45.8 Å². The second-order valence-electron chi connectivity index (χ2n) is 7.96. The van der Waals surface area contributed by atoms with Crippen molar-refractivity contribution in [2.75, 3.05) is 24.2 Å². The van der Waals surface area contributed by atoms with E-state index in [1.165, 1.54) is 28.7 Å². The third-order valence-electron chi connectivity index (χ3n) is 5.57. The monoisotopic (exact) mass is 470 g/mol. The molecule has 1 aliphatic rings. The van der Waals surface area contributed by atoms with Crippen LogP contribution in [-0.2, 0) is 11.2 Å². The zero-order valence-corrected chi connectivity index (χ0v) is 19.8. The van der Waals surface area contributed by atoms with Gasteiger partial charge in [0, 0.05) is 13.1 Å². The van der Waals surface area contributed by atoms with Gasteiger partial charge in [-0.25, -0.2) is 0 Å². The largest absolute Gasteiger partial charge is 0.466 e. The SMILES string of the molecule is Cc1cc(C(=O)Nc2nnc(SCC(=O)N3CCC(Cc4ccccc4)CC3)s2)c(C)o1. The van der Waals surface area contributed by atoms with Crippen molar-refractivity contribution >= 4 is 40.0 Å². The predicted molar refractivity (Wildman–Crippen MR) is 126 cm³/mol. The van der Waals surface area contributed by atoms with Gasteiger partial charge in [-0.15, -0.1) is 10.2 Å². The molecule has 0 bridgehead atoms. The van der Waals surface area contributed by atoms with Crippen LogP contribution in [0.25, 0.3) is 0 Å². The zero-order valence-electron chi connectivity index (χ0n) is 18.2. The number of likely N-dealkylation sites (tertiary alicyclic amines) is 1. The van der Waals surface area contributed by atoms with Crippen LogP contribution in [0.5, 0.6) is 0 Å². The van der Waals surface area contributed by atoms with Crippen LogP contribution < -0.4 is 5.32 Å². The lowest BCUT2D eigenvalue weighted by Crippen LogP contribution is -2.39. The summed E-state index contributed by atoms with van der Waals surface area (Å²) in [6.07, 6.45) is 3.15. The van der Waals surface area contributed by atoms with Gasteiger partial charge in [-0.1, -0.05) is 53.4 Å². The molecule has 1 N–H and O–H groups in total. The molecule has 0 saturated carbocycles. The topological polar surface area (TPSA) is 88.3 Å². The van der Waals surface area contributed by atoms with E-state index in [-0.39, 0.29) is 11.8 Å². The van der Waals surface area contributed by atoms with Crippen LogP contribution in [0.4, 0.5) is 5.13 Å². The summed E-state index contributed by atoms with van der Waals surface area (Å²) in [6, 6.07) is 12.2. The number of aromatic nitrogens is 2. The molecular weight excluding hydrogens is 444 g/mol. The standard InChI is InChI=1S/C23H26N4O3S2/c1-15-12-19(16(2)30-15)21(29)24-22-25-26-23(32-22)31-14-20(28)27-10-8-18(9-11-27)13-17-6-4-3-5-7-17/h3-7,12,18H,8-11,13-14H2,1-2H3,(H,24,25,29). The maximum absolute atomic E-state index is 12.6. The number of hydrogen-bond donors (Lipinski definition) is 1. The smallest absolute Gasteiger partial charge is 0.261 e. The molecule has 168 valence electrons. The number of piperidine rings is 1. The average molecular weight is 471 g/mol. The Morgan fingerprint density at radius 1 is 1.19 bits per heavy atom. The Morgan fingerprint density at radius 3 is 2.62 bits per heavy atom. The van der Waals surface area contributed by atoms with Crippen molar-refractivity contribution in [1.82, 2.24) is 15.1 Å². The predicted octanol–water partition coefficient (Wildman–Crippen LogP) is 4.57. The maximum atomic E-state index is 12.6. The highest BCUT2D eigenvalue weighted by Crippen LogP contribution is 2.28. The van der Waals surface area contributed by atoms with Crippen molar-refractivity contribution in [2.45, 2.75) is 37.4 Å². The van der Waals surface area contributed by atoms with E-state index in [4.69, 9.17) is 4.42 Å². The number of aryl methyl sites for hydroxylation is 2. The van der Waals surface area contributed by atoms with Crippen molar-refractivity contribution in [3.63, 3.8) is 0 Å². The molecule has 0 unspecified atom stereocenters. The Labute approximate surface area is 195 Å². The van der Waals surface area contributed by atoms with Gasteiger partial charge < -0.3 is 9.32 Å². The van der Waals surface area contributed by atoms with Gasteiger partial charge in [0.05, 0.1) is 11.3 Å². The first-order valence-corrected chi connectivity index (χ1v) is 12.4. The Kier molecular flexibility index (Phi) is 7.26. The molecule has 3 aromatic rings. The summed E-state index contributed by atoms with van der Waals surface area (Å²) in [5, 5.41) is 11.3. The van der Waals surface area contributed by atoms with E-state index in [0.29, 0.717) is 38.2 Å². The highest BCUT2D eigenvalue weighted by molar-refractivity contribution is 8.01. The van der Waals surface area contributed by atoms with Gasteiger partial charge >= 0.3 is 0 Å². The third-order valence-corrected chi connectivity index (χ3v) is 7.52. The molecule has 1 aliphatic heterocycles. The van der Waals surface area contributed by atoms with E-state index >= 15 is 0 Å². The number of benzene rings is 1. The number of carbonyl (C=O) groups is 2. The molecule has 7 nitrogen and oxygen atoms in total. The van der Waals surface area contributed by atoms with Gasteiger partial charge in [0.1, 0.15) is 11.5 Å². The first-order chi connectivity index (χ1) is 15.5. The molecule has 0 atom stereocenters. The number of furan rings is 1. The van der Waals surface area contributed by atoms with Gasteiger partial charge in [-0.3, -0.25) is 14.9 Å². The fourth-order valence-corrected chi connectivity index (χ4v) is 5.54. The molecule has 2 amide bonds. The van der Waals surface area contributed by atoms with Gasteiger partial charge in [-0.05, 0) is 50.7 Å². The highest BCUT2D eigenvalue weighted by atomic mass is 32.2. The zero-order chi connectivity index (χ0) is 22.5. The number of amides is 2. The number of carbonyl (C=O) groups excluding carboxylic acids is 2. The molecule has 1 saturated heterocycles. The molecule has 0 spiro atoms. The number of anilines is 1. The number of nitrogens with zero attached hydrogens (tertiary/aromatic N) is 3. The van der Waals surface area contributed by atoms with Gasteiger partial charge in [0.2, 0.25) is 11.0 Å². The maximum Gasteiger partial charge on any atom is 0.261 e. The van der Waals surface area contributed by atoms with E-state index in [9.17, 15) is 9.59 Å². The molecule has 3 heterocycles. The summed E-state index contributed by atoms with van der Waals surface area (Å²) in [5.41, 5.74) is 1.85. The van der Waals surface area contributed by atoms with E-state index < -0.39 is 0 Å². The third kappa shape index (κ3) is 5.77. The molecule has 1 fully saturated rings. The van der Waals surface area contributed by atoms with E-state index in [1.807, 2.05) is 11.0 Å². The molecular formula is C23H26N4O3S2. The summed E-state index contributed by atoms with van der Waals surface area (Å²) in [7, 11) is 0. The Morgan fingerprint density at radius 2 is 1.94 bits per heavy atom. The molecule has 0 aliphatic carbocycles. The van der Waals surface area contributed by atoms with Gasteiger partial charge in [0.25, 0.3) is 5.91 Å². The van der Waals surface area contributed by atoms with Crippen molar-refractivity contribution in [2.24, 2.45) is 5.92 Å². The van der Waals surface area contributed by atoms with Crippen LogP contribution in [0.2, 0.25) is 0 Å². The molecule has 9 heteroatoms. The Hall–Kier alpha value is -2.65. The number of rotatable bonds is 7. The lowest BCUT2D eigenvalue weighted by molar-refractivity contribution is -0.129. The number of nitrogens with one attached hydrogen (secondary N) is 1. The minimum atomic E-state index is -0.276. The van der Waals surface area contributed by atoms with E-state index in [2.05, 4.69) is 39.8 Å². The van der Waals surface area contributed by atoms with E-state index in [0.717, 1.165) is 32.4 Å². The molecule has 2 aromatic heterocycles. The quantitative estimate of drug-likeness (QED) is 0.402. The summed E-state index contributed by atoms with van der Waals surface area (Å²) in [5.74, 6) is 2.05. The Balaban J connectivity index is 1.21. The highest BCUT2D eigenvalue weighted by Gasteiger charge is 2.23. The molecule has 0 radical (unpaired) electrons. The minimum Gasteiger partial charge on any atom is -0.466 e. The summed E-state index contributed by atoms with van der Waals surface area (Å²) in [4.78, 5) is 26.9. The van der Waals surface area contributed by atoms with E-state index in [1.54, 1.807) is 19.9 Å². The van der Waals surface area contributed by atoms with Crippen LogP contribution >= 0.6 is 23.1 Å². The first-order valence-electron chi connectivity index (χ1n) is 10.6. The molecule has 4 rings (SSSR count). The first kappa shape index (κ1) is 22.5. The van der Waals surface area contributed by atoms with Crippen molar-refractivity contribution in [3.8, 4) is 0 Å². The van der Waals surface area contributed by atoms with Crippen LogP contribution in [0.15, 0.2) is 45.2 Å². The molecule has 1 aromatic carbocycles. The van der Waals surface area contributed by atoms with Crippen molar-refractivity contribution in [1.29, 1.82) is 0 Å². The van der Waals surface area contributed by atoms with Gasteiger partial charge in [0.15, 0.2) is 4.34 Å². The van der Waals surface area contributed by atoms with Gasteiger partial charge in [-0.2, -0.15) is 0 Å². The number of thioether (sulfide) groups is 1. The second kappa shape index (κ2) is 10.3. The van der Waals surface area contributed by atoms with Crippen LogP contribution in [0.1, 0.15) is 40.3 Å². The average Bonchev–Trinajstić information content (AvgIpc) is 3.38. The summed E-state index contributed by atoms with van der Waals surface area (Å²) < 4.78 is 6.06. The normalized spacial score (nSPS) is 14.5. The summed E-state index contributed by atoms with van der Waals surface area (Å²) >= 11 is 2.63. The van der Waals surface area contributed by atoms with Crippen molar-refractivity contribution < 1.29 is 14.0 Å².